The molecule has 2 heterocycles. The van der Waals surface area contributed by atoms with Gasteiger partial charge in [-0.1, -0.05) is 95.3 Å². The summed E-state index contributed by atoms with van der Waals surface area (Å²) >= 11 is 1.70. The van der Waals surface area contributed by atoms with Gasteiger partial charge in [0.15, 0.2) is 6.20 Å². The fourth-order valence-electron chi connectivity index (χ4n) is 4.69. The van der Waals surface area contributed by atoms with Crippen LogP contribution in [0.15, 0.2) is 17.1 Å². The highest BCUT2D eigenvalue weighted by atomic mass is 32.1. The summed E-state index contributed by atoms with van der Waals surface area (Å²) in [6, 6.07) is 0. The first-order valence-corrected chi connectivity index (χ1v) is 15.0. The van der Waals surface area contributed by atoms with Crippen LogP contribution in [0.25, 0.3) is 0 Å². The van der Waals surface area contributed by atoms with Crippen LogP contribution in [0.2, 0.25) is 0 Å². The average molecular weight is 497 g/mol. The number of carbonyl (C=O) groups is 1. The summed E-state index contributed by atoms with van der Waals surface area (Å²) < 4.78 is 18.5. The Morgan fingerprint density at radius 3 is 2.26 bits per heavy atom. The summed E-state index contributed by atoms with van der Waals surface area (Å²) in [6.45, 7) is 4.86. The quantitative estimate of drug-likeness (QED) is 0.0987. The first-order valence-electron chi connectivity index (χ1n) is 14.1. The van der Waals surface area contributed by atoms with Crippen LogP contribution in [-0.4, -0.2) is 32.1 Å². The Morgan fingerprint density at radius 2 is 1.59 bits per heavy atom. The van der Waals surface area contributed by atoms with Crippen molar-refractivity contribution >= 4 is 17.5 Å². The Morgan fingerprint density at radius 1 is 0.912 bits per heavy atom. The molecule has 5 nitrogen and oxygen atoms in total. The zero-order chi connectivity index (χ0) is 24.1. The van der Waals surface area contributed by atoms with Crippen molar-refractivity contribution in [1.82, 2.24) is 0 Å². The van der Waals surface area contributed by atoms with Gasteiger partial charge in [-0.25, -0.2) is 4.79 Å². The Hall–Kier alpha value is -1.14. The van der Waals surface area contributed by atoms with Gasteiger partial charge in [0.1, 0.15) is 13.2 Å². The van der Waals surface area contributed by atoms with Crippen LogP contribution in [0.1, 0.15) is 116 Å². The molecule has 0 unspecified atom stereocenters. The third-order valence-electron chi connectivity index (χ3n) is 6.82. The van der Waals surface area contributed by atoms with Gasteiger partial charge in [-0.2, -0.15) is 4.57 Å². The first-order chi connectivity index (χ1) is 16.8. The Balaban J connectivity index is 1.32. The van der Waals surface area contributed by atoms with Crippen molar-refractivity contribution in [3.63, 3.8) is 0 Å². The zero-order valence-corrected chi connectivity index (χ0v) is 22.5. The number of hydrogen-bond donors (Lipinski definition) is 0. The lowest BCUT2D eigenvalue weighted by molar-refractivity contribution is -0.692. The number of thiazole rings is 1. The smallest absolute Gasteiger partial charge is 0.434 e. The van der Waals surface area contributed by atoms with Gasteiger partial charge < -0.3 is 14.2 Å². The molecule has 1 fully saturated rings. The second-order valence-electron chi connectivity index (χ2n) is 9.97. The van der Waals surface area contributed by atoms with Crippen LogP contribution in [0.3, 0.4) is 0 Å². The van der Waals surface area contributed by atoms with Gasteiger partial charge in [0.2, 0.25) is 5.51 Å². The van der Waals surface area contributed by atoms with Gasteiger partial charge in [0, 0.05) is 6.42 Å². The molecule has 6 heteroatoms. The molecule has 196 valence electrons. The molecule has 2 rings (SSSR count). The fraction of sp³-hybridized carbons (Fsp3) is 0.857. The molecule has 0 aliphatic carbocycles. The number of aromatic nitrogens is 1. The molecule has 0 saturated carbocycles. The second-order valence-corrected chi connectivity index (χ2v) is 10.7. The van der Waals surface area contributed by atoms with Crippen molar-refractivity contribution < 1.29 is 23.6 Å². The number of hydrogen-bond acceptors (Lipinski definition) is 5. The molecule has 0 radical (unpaired) electrons. The average Bonchev–Trinajstić information content (AvgIpc) is 3.53. The van der Waals surface area contributed by atoms with E-state index in [0.717, 1.165) is 38.8 Å². The highest BCUT2D eigenvalue weighted by molar-refractivity contribution is 7.07. The predicted molar refractivity (Wildman–Crippen MR) is 139 cm³/mol. The van der Waals surface area contributed by atoms with Gasteiger partial charge in [-0.05, 0) is 31.6 Å². The van der Waals surface area contributed by atoms with E-state index >= 15 is 0 Å². The summed E-state index contributed by atoms with van der Waals surface area (Å²) in [5, 5.41) is 2.08. The third-order valence-corrected chi connectivity index (χ3v) is 7.50. The van der Waals surface area contributed by atoms with Crippen LogP contribution in [0.4, 0.5) is 4.79 Å². The van der Waals surface area contributed by atoms with Crippen molar-refractivity contribution in [3.05, 3.63) is 17.1 Å². The molecule has 1 aromatic rings. The molecule has 0 N–H and O–H groups in total. The topological polar surface area (TPSA) is 48.6 Å². The molecule has 1 saturated heterocycles. The Labute approximate surface area is 212 Å². The largest absolute Gasteiger partial charge is 0.508 e. The van der Waals surface area contributed by atoms with E-state index in [2.05, 4.69) is 28.6 Å². The van der Waals surface area contributed by atoms with E-state index in [4.69, 9.17) is 14.2 Å². The maximum absolute atomic E-state index is 11.8. The molecule has 1 aliphatic rings. The van der Waals surface area contributed by atoms with E-state index in [0.29, 0.717) is 19.1 Å². The molecule has 0 bridgehead atoms. The van der Waals surface area contributed by atoms with Gasteiger partial charge in [0.25, 0.3) is 0 Å². The minimum Gasteiger partial charge on any atom is -0.434 e. The predicted octanol–water partition coefficient (Wildman–Crippen LogP) is 7.86. The van der Waals surface area contributed by atoms with Crippen molar-refractivity contribution in [3.8, 4) is 0 Å². The van der Waals surface area contributed by atoms with Crippen LogP contribution in [-0.2, 0) is 20.8 Å². The van der Waals surface area contributed by atoms with E-state index in [9.17, 15) is 4.79 Å². The minimum absolute atomic E-state index is 0.0394. The highest BCUT2D eigenvalue weighted by Crippen LogP contribution is 2.25. The number of rotatable bonds is 21. The van der Waals surface area contributed by atoms with Gasteiger partial charge in [0.05, 0.1) is 24.7 Å². The van der Waals surface area contributed by atoms with Crippen LogP contribution in [0.5, 0.6) is 0 Å². The first kappa shape index (κ1) is 29.1. The van der Waals surface area contributed by atoms with E-state index in [-0.39, 0.29) is 6.10 Å². The van der Waals surface area contributed by atoms with Crippen LogP contribution >= 0.6 is 11.3 Å². The SMILES string of the molecule is CCCCCCCCCCCCCC[C@H]1CO[C@H](COC(=O)OCCCCC[n+]2ccsc2)C1. The van der Waals surface area contributed by atoms with E-state index in [1.807, 2.05) is 0 Å². The van der Waals surface area contributed by atoms with Crippen LogP contribution in [0, 0.1) is 5.92 Å². The molecular formula is C28H50NO4S+. The van der Waals surface area contributed by atoms with Gasteiger partial charge in [-0.15, -0.1) is 0 Å². The maximum Gasteiger partial charge on any atom is 0.508 e. The van der Waals surface area contributed by atoms with Gasteiger partial charge >= 0.3 is 6.16 Å². The van der Waals surface area contributed by atoms with E-state index in [1.54, 1.807) is 11.3 Å². The summed E-state index contributed by atoms with van der Waals surface area (Å²) in [5.41, 5.74) is 2.11. The van der Waals surface area contributed by atoms with E-state index in [1.165, 1.54) is 83.5 Å². The third kappa shape index (κ3) is 15.0. The minimum atomic E-state index is -0.555. The lowest BCUT2D eigenvalue weighted by atomic mass is 9.97. The number of ether oxygens (including phenoxy) is 3. The molecule has 0 amide bonds. The summed E-state index contributed by atoms with van der Waals surface area (Å²) in [6.07, 6.45) is 23.5. The number of aryl methyl sites for hydroxylation is 1. The Bertz CT molecular complexity index is 595. The van der Waals surface area contributed by atoms with Crippen LogP contribution < -0.4 is 4.57 Å². The number of nitrogens with zero attached hydrogens (tertiary/aromatic N) is 1. The molecular weight excluding hydrogens is 446 g/mol. The van der Waals surface area contributed by atoms with Crippen molar-refractivity contribution in [1.29, 1.82) is 0 Å². The summed E-state index contributed by atoms with van der Waals surface area (Å²) in [7, 11) is 0. The zero-order valence-electron chi connectivity index (χ0n) is 21.7. The number of unbranched alkanes of at least 4 members (excludes halogenated alkanes) is 13. The summed E-state index contributed by atoms with van der Waals surface area (Å²) in [5.74, 6) is 0.619. The Kier molecular flexibility index (Phi) is 17.2. The lowest BCUT2D eigenvalue weighted by Crippen LogP contribution is -2.29. The van der Waals surface area contributed by atoms with Gasteiger partial charge in [-0.3, -0.25) is 0 Å². The summed E-state index contributed by atoms with van der Waals surface area (Å²) in [4.78, 5) is 11.8. The molecule has 0 spiro atoms. The molecule has 0 aromatic carbocycles. The van der Waals surface area contributed by atoms with Crippen molar-refractivity contribution in [2.24, 2.45) is 5.92 Å². The van der Waals surface area contributed by atoms with E-state index < -0.39 is 6.16 Å². The van der Waals surface area contributed by atoms with Crippen molar-refractivity contribution in [2.75, 3.05) is 19.8 Å². The standard InChI is InChI=1S/C28H50NO4S/c1-2-3-4-5-6-7-8-9-10-11-12-14-17-26-22-27(32-23-26)24-33-28(30)31-20-16-13-15-18-29-19-21-34-25-29/h19,21,25-27H,2-18,20,22-24H2,1H3/q+1/t26-,27+/m1/s1. The maximum atomic E-state index is 11.8. The number of carbonyl (C=O) groups excluding carboxylic acids is 1. The lowest BCUT2D eigenvalue weighted by Gasteiger charge is -2.11. The van der Waals surface area contributed by atoms with Crippen molar-refractivity contribution in [2.45, 2.75) is 129 Å². The monoisotopic (exact) mass is 496 g/mol. The highest BCUT2D eigenvalue weighted by Gasteiger charge is 2.26. The molecule has 34 heavy (non-hydrogen) atoms. The molecule has 2 atom stereocenters. The molecule has 1 aromatic heterocycles. The normalized spacial score (nSPS) is 17.8. The fourth-order valence-corrected chi connectivity index (χ4v) is 5.32. The second kappa shape index (κ2) is 20.1. The molecule has 1 aliphatic heterocycles.